The molecule has 0 heterocycles. The molecule has 4 nitrogen and oxygen atoms in total. The predicted molar refractivity (Wildman–Crippen MR) is 77.4 cm³/mol. The van der Waals surface area contributed by atoms with Crippen molar-refractivity contribution in [2.24, 2.45) is 5.73 Å². The van der Waals surface area contributed by atoms with Crippen molar-refractivity contribution in [3.8, 4) is 5.75 Å². The molecule has 0 aliphatic rings. The zero-order valence-corrected chi connectivity index (χ0v) is 12.3. The fourth-order valence-electron chi connectivity index (χ4n) is 1.61. The number of hydrogen-bond acceptors (Lipinski definition) is 3. The van der Waals surface area contributed by atoms with Crippen LogP contribution in [0.3, 0.4) is 0 Å². The number of halogens is 1. The van der Waals surface area contributed by atoms with Gasteiger partial charge >= 0.3 is 0 Å². The van der Waals surface area contributed by atoms with Crippen molar-refractivity contribution < 1.29 is 9.53 Å². The smallest absolute Gasteiger partial charge is 0.258 e. The lowest BCUT2D eigenvalue weighted by molar-refractivity contribution is -0.123. The van der Waals surface area contributed by atoms with Crippen LogP contribution in [0, 0.1) is 0 Å². The number of primary amides is 1. The molecule has 0 radical (unpaired) electrons. The van der Waals surface area contributed by atoms with Gasteiger partial charge < -0.3 is 15.8 Å². The largest absolute Gasteiger partial charge is 0.479 e. The average Bonchev–Trinajstić information content (AvgIpc) is 2.37. The summed E-state index contributed by atoms with van der Waals surface area (Å²) in [5, 5.41) is 3.86. The van der Waals surface area contributed by atoms with Crippen molar-refractivity contribution >= 4 is 17.5 Å². The van der Waals surface area contributed by atoms with E-state index in [-0.39, 0.29) is 6.04 Å². The Morgan fingerprint density at radius 3 is 2.68 bits per heavy atom. The molecule has 106 valence electrons. The van der Waals surface area contributed by atoms with E-state index in [1.54, 1.807) is 13.0 Å². The maximum atomic E-state index is 11.0. The Morgan fingerprint density at radius 2 is 2.16 bits per heavy atom. The average molecular weight is 285 g/mol. The van der Waals surface area contributed by atoms with Crippen LogP contribution in [0.1, 0.15) is 38.8 Å². The molecule has 2 unspecified atom stereocenters. The molecule has 1 amide bonds. The van der Waals surface area contributed by atoms with Crippen LogP contribution in [0.25, 0.3) is 0 Å². The highest BCUT2D eigenvalue weighted by Crippen LogP contribution is 2.28. The number of nitrogens with one attached hydrogen (secondary N) is 1. The Kier molecular flexibility index (Phi) is 6.12. The maximum absolute atomic E-state index is 11.0. The molecule has 5 heteroatoms. The highest BCUT2D eigenvalue weighted by molar-refractivity contribution is 6.32. The van der Waals surface area contributed by atoms with Gasteiger partial charge in [-0.3, -0.25) is 4.79 Å². The first-order valence-electron chi connectivity index (χ1n) is 6.44. The third kappa shape index (κ3) is 4.73. The molecule has 2 atom stereocenters. The van der Waals surface area contributed by atoms with Crippen LogP contribution >= 0.6 is 11.6 Å². The summed E-state index contributed by atoms with van der Waals surface area (Å²) in [6.45, 7) is 6.75. The van der Waals surface area contributed by atoms with E-state index < -0.39 is 12.0 Å². The van der Waals surface area contributed by atoms with E-state index in [0.717, 1.165) is 18.5 Å². The summed E-state index contributed by atoms with van der Waals surface area (Å²) >= 11 is 6.15. The molecule has 1 aromatic carbocycles. The third-order valence-corrected chi connectivity index (χ3v) is 3.16. The Labute approximate surface area is 119 Å². The first-order chi connectivity index (χ1) is 8.95. The van der Waals surface area contributed by atoms with Gasteiger partial charge in [0.15, 0.2) is 6.10 Å². The van der Waals surface area contributed by atoms with Gasteiger partial charge in [-0.1, -0.05) is 24.6 Å². The number of carbonyl (C=O) groups excluding carboxylic acids is 1. The highest BCUT2D eigenvalue weighted by Gasteiger charge is 2.14. The van der Waals surface area contributed by atoms with E-state index >= 15 is 0 Å². The van der Waals surface area contributed by atoms with Crippen LogP contribution in [-0.2, 0) is 4.79 Å². The first kappa shape index (κ1) is 15.8. The second kappa shape index (κ2) is 7.36. The van der Waals surface area contributed by atoms with E-state index in [9.17, 15) is 4.79 Å². The van der Waals surface area contributed by atoms with Crippen LogP contribution in [0.5, 0.6) is 5.75 Å². The molecular weight excluding hydrogens is 264 g/mol. The third-order valence-electron chi connectivity index (χ3n) is 2.86. The lowest BCUT2D eigenvalue weighted by Gasteiger charge is -2.17. The molecule has 0 saturated heterocycles. The van der Waals surface area contributed by atoms with E-state index in [2.05, 4.69) is 19.2 Å². The van der Waals surface area contributed by atoms with Crippen LogP contribution in [0.2, 0.25) is 5.02 Å². The standard InChI is InChI=1S/C14H21ClN2O2/c1-4-7-17-9(2)11-5-6-13(12(15)8-11)19-10(3)14(16)18/h5-6,8-10,17H,4,7H2,1-3H3,(H2,16,18). The van der Waals surface area contributed by atoms with Crippen molar-refractivity contribution in [2.45, 2.75) is 39.3 Å². The number of ether oxygens (including phenoxy) is 1. The predicted octanol–water partition coefficient (Wildman–Crippen LogP) is 2.65. The second-order valence-electron chi connectivity index (χ2n) is 4.53. The van der Waals surface area contributed by atoms with Gasteiger partial charge in [0.05, 0.1) is 5.02 Å². The van der Waals surface area contributed by atoms with Crippen LogP contribution in [-0.4, -0.2) is 18.6 Å². The number of hydrogen-bond donors (Lipinski definition) is 2. The Hall–Kier alpha value is -1.26. The second-order valence-corrected chi connectivity index (χ2v) is 4.94. The van der Waals surface area contributed by atoms with Gasteiger partial charge in [0.25, 0.3) is 5.91 Å². The van der Waals surface area contributed by atoms with Crippen LogP contribution in [0.15, 0.2) is 18.2 Å². The van der Waals surface area contributed by atoms with Gasteiger partial charge in [-0.2, -0.15) is 0 Å². The minimum Gasteiger partial charge on any atom is -0.479 e. The lowest BCUT2D eigenvalue weighted by Crippen LogP contribution is -2.30. The summed E-state index contributed by atoms with van der Waals surface area (Å²) in [5.74, 6) is -0.0440. The SMILES string of the molecule is CCCNC(C)c1ccc(OC(C)C(N)=O)c(Cl)c1. The van der Waals surface area contributed by atoms with E-state index in [0.29, 0.717) is 10.8 Å². The van der Waals surface area contributed by atoms with Gasteiger partial charge in [0, 0.05) is 6.04 Å². The number of carbonyl (C=O) groups is 1. The molecule has 0 aliphatic carbocycles. The Balaban J connectivity index is 2.76. The molecule has 0 bridgehead atoms. The quantitative estimate of drug-likeness (QED) is 0.809. The normalized spacial score (nSPS) is 13.9. The molecule has 3 N–H and O–H groups in total. The number of amides is 1. The molecule has 1 aromatic rings. The molecule has 0 fully saturated rings. The van der Waals surface area contributed by atoms with Crippen molar-refractivity contribution in [3.05, 3.63) is 28.8 Å². The summed E-state index contributed by atoms with van der Waals surface area (Å²) in [6, 6.07) is 5.77. The van der Waals surface area contributed by atoms with E-state index in [1.807, 2.05) is 12.1 Å². The van der Waals surface area contributed by atoms with E-state index in [4.69, 9.17) is 22.1 Å². The summed E-state index contributed by atoms with van der Waals surface area (Å²) in [4.78, 5) is 11.0. The minimum atomic E-state index is -0.695. The molecule has 1 rings (SSSR count). The Morgan fingerprint density at radius 1 is 1.47 bits per heavy atom. The summed E-state index contributed by atoms with van der Waals surface area (Å²) < 4.78 is 5.40. The number of rotatable bonds is 7. The number of nitrogens with two attached hydrogens (primary N) is 1. The van der Waals surface area contributed by atoms with Crippen molar-refractivity contribution in [2.75, 3.05) is 6.54 Å². The summed E-state index contributed by atoms with van der Waals surface area (Å²) in [5.41, 5.74) is 6.23. The minimum absolute atomic E-state index is 0.222. The highest BCUT2D eigenvalue weighted by atomic mass is 35.5. The van der Waals surface area contributed by atoms with Gasteiger partial charge in [0.2, 0.25) is 0 Å². The monoisotopic (exact) mass is 284 g/mol. The number of benzene rings is 1. The summed E-state index contributed by atoms with van der Waals surface area (Å²) in [6.07, 6.45) is 0.383. The fraction of sp³-hybridized carbons (Fsp3) is 0.500. The van der Waals surface area contributed by atoms with Gasteiger partial charge in [-0.25, -0.2) is 0 Å². The van der Waals surface area contributed by atoms with Crippen molar-refractivity contribution in [3.63, 3.8) is 0 Å². The lowest BCUT2D eigenvalue weighted by atomic mass is 10.1. The molecule has 0 spiro atoms. The molecule has 0 saturated carbocycles. The summed E-state index contributed by atoms with van der Waals surface area (Å²) in [7, 11) is 0. The van der Waals surface area contributed by atoms with Crippen LogP contribution < -0.4 is 15.8 Å². The topological polar surface area (TPSA) is 64.3 Å². The van der Waals surface area contributed by atoms with Crippen molar-refractivity contribution in [1.82, 2.24) is 5.32 Å². The molecule has 19 heavy (non-hydrogen) atoms. The zero-order chi connectivity index (χ0) is 14.4. The van der Waals surface area contributed by atoms with Gasteiger partial charge in [0.1, 0.15) is 5.75 Å². The molecule has 0 aromatic heterocycles. The van der Waals surface area contributed by atoms with Gasteiger partial charge in [-0.15, -0.1) is 0 Å². The molecular formula is C14H21ClN2O2. The first-order valence-corrected chi connectivity index (χ1v) is 6.82. The van der Waals surface area contributed by atoms with Gasteiger partial charge in [-0.05, 0) is 44.5 Å². The maximum Gasteiger partial charge on any atom is 0.258 e. The Bertz CT molecular complexity index is 437. The van der Waals surface area contributed by atoms with E-state index in [1.165, 1.54) is 0 Å². The van der Waals surface area contributed by atoms with Crippen molar-refractivity contribution in [1.29, 1.82) is 0 Å². The fourth-order valence-corrected chi connectivity index (χ4v) is 1.84. The zero-order valence-electron chi connectivity index (χ0n) is 11.6. The van der Waals surface area contributed by atoms with Crippen LogP contribution in [0.4, 0.5) is 0 Å². The molecule has 0 aliphatic heterocycles.